The van der Waals surface area contributed by atoms with E-state index in [1.165, 1.54) is 24.5 Å². The molecule has 1 saturated heterocycles. The first-order chi connectivity index (χ1) is 18.2. The van der Waals surface area contributed by atoms with Crippen molar-refractivity contribution in [3.63, 3.8) is 0 Å². The number of likely N-dealkylation sites (tertiary alicyclic amines) is 1. The molecule has 6 rings (SSSR count). The van der Waals surface area contributed by atoms with Crippen LogP contribution in [0, 0.1) is 11.7 Å². The lowest BCUT2D eigenvalue weighted by atomic mass is 9.91. The van der Waals surface area contributed by atoms with Gasteiger partial charge in [-0.25, -0.2) is 9.37 Å². The number of aromatic amines is 2. The van der Waals surface area contributed by atoms with Crippen LogP contribution in [0.4, 0.5) is 17.6 Å². The number of imidazole rings is 1. The summed E-state index contributed by atoms with van der Waals surface area (Å²) in [5.74, 6) is -0.106. The second-order valence-corrected chi connectivity index (χ2v) is 10.2. The van der Waals surface area contributed by atoms with Crippen molar-refractivity contribution >= 4 is 16.6 Å². The fraction of sp³-hybridized carbons (Fsp3) is 0.310. The quantitative estimate of drug-likeness (QED) is 0.299. The monoisotopic (exact) mass is 522 g/mol. The first kappa shape index (κ1) is 24.6. The molecule has 196 valence electrons. The highest BCUT2D eigenvalue weighted by molar-refractivity contribution is 5.86. The van der Waals surface area contributed by atoms with Crippen LogP contribution in [0.1, 0.15) is 42.6 Å². The van der Waals surface area contributed by atoms with Crippen LogP contribution in [-0.2, 0) is 6.18 Å². The number of alkyl halides is 3. The van der Waals surface area contributed by atoms with Gasteiger partial charge in [-0.2, -0.15) is 13.2 Å². The van der Waals surface area contributed by atoms with Crippen molar-refractivity contribution in [2.45, 2.75) is 31.9 Å². The minimum absolute atomic E-state index is 0.142. The van der Waals surface area contributed by atoms with Gasteiger partial charge >= 0.3 is 6.18 Å². The molecule has 0 atom stereocenters. The number of nitrogens with zero attached hydrogens (tertiary/aromatic N) is 2. The summed E-state index contributed by atoms with van der Waals surface area (Å²) in [4.78, 5) is 24.2. The molecule has 0 amide bonds. The van der Waals surface area contributed by atoms with Gasteiger partial charge in [-0.3, -0.25) is 4.79 Å². The molecule has 5 nitrogen and oxygen atoms in total. The Morgan fingerprint density at radius 2 is 1.71 bits per heavy atom. The van der Waals surface area contributed by atoms with Crippen LogP contribution >= 0.6 is 0 Å². The first-order valence-corrected chi connectivity index (χ1v) is 12.8. The molecule has 2 aromatic carbocycles. The Balaban J connectivity index is 1.40. The topological polar surface area (TPSA) is 64.8 Å². The smallest absolute Gasteiger partial charge is 0.338 e. The average molecular weight is 523 g/mol. The Morgan fingerprint density at radius 3 is 2.34 bits per heavy atom. The van der Waals surface area contributed by atoms with E-state index in [-0.39, 0.29) is 16.6 Å². The summed E-state index contributed by atoms with van der Waals surface area (Å²) in [7, 11) is 0. The standard InChI is InChI=1S/C29H26F4N4O/c30-23-14-25-24(13-22(23)29(31,32)33)35-28(36-25)27(20-9-11-37(12-10-20)16-17-1-2-17)19-5-3-18(4-6-19)21-7-8-26(38)34-15-21/h3-8,13-15,17H,1-2,9-12,16H2,(H,34,38)(H,35,36). The number of rotatable bonds is 5. The number of halogens is 4. The molecule has 1 aliphatic heterocycles. The van der Waals surface area contributed by atoms with Crippen molar-refractivity contribution in [1.82, 2.24) is 19.9 Å². The number of hydrogen-bond donors (Lipinski definition) is 2. The van der Waals surface area contributed by atoms with E-state index >= 15 is 0 Å². The number of hydrogen-bond acceptors (Lipinski definition) is 3. The Kier molecular flexibility index (Phi) is 6.18. The molecule has 1 aliphatic carbocycles. The van der Waals surface area contributed by atoms with Gasteiger partial charge in [-0.15, -0.1) is 0 Å². The maximum atomic E-state index is 14.3. The third-order valence-corrected chi connectivity index (χ3v) is 7.43. The molecule has 0 bridgehead atoms. The highest BCUT2D eigenvalue weighted by Crippen LogP contribution is 2.37. The highest BCUT2D eigenvalue weighted by atomic mass is 19.4. The van der Waals surface area contributed by atoms with Gasteiger partial charge in [-0.1, -0.05) is 29.8 Å². The van der Waals surface area contributed by atoms with E-state index in [1.54, 1.807) is 12.3 Å². The molecule has 38 heavy (non-hydrogen) atoms. The number of H-pyrrole nitrogens is 2. The summed E-state index contributed by atoms with van der Waals surface area (Å²) in [6.45, 7) is 2.94. The number of aromatic nitrogens is 3. The van der Waals surface area contributed by atoms with Gasteiger partial charge in [0.1, 0.15) is 11.6 Å². The molecule has 0 radical (unpaired) electrons. The van der Waals surface area contributed by atoms with Crippen LogP contribution in [0.5, 0.6) is 0 Å². The van der Waals surface area contributed by atoms with Gasteiger partial charge in [0.05, 0.1) is 16.6 Å². The van der Waals surface area contributed by atoms with Gasteiger partial charge < -0.3 is 14.9 Å². The third-order valence-electron chi connectivity index (χ3n) is 7.43. The van der Waals surface area contributed by atoms with Crippen molar-refractivity contribution in [1.29, 1.82) is 0 Å². The molecule has 3 heterocycles. The Labute approximate surface area is 216 Å². The maximum Gasteiger partial charge on any atom is 0.419 e. The van der Waals surface area contributed by atoms with Gasteiger partial charge in [0.15, 0.2) is 0 Å². The number of benzene rings is 2. The van der Waals surface area contributed by atoms with E-state index in [2.05, 4.69) is 19.9 Å². The van der Waals surface area contributed by atoms with E-state index in [9.17, 15) is 22.4 Å². The van der Waals surface area contributed by atoms with Crippen LogP contribution in [0.2, 0.25) is 0 Å². The fourth-order valence-corrected chi connectivity index (χ4v) is 5.22. The number of nitrogens with one attached hydrogen (secondary N) is 2. The predicted octanol–water partition coefficient (Wildman–Crippen LogP) is 6.38. The van der Waals surface area contributed by atoms with Crippen LogP contribution in [0.15, 0.2) is 65.1 Å². The second kappa shape index (κ2) is 9.54. The normalized spacial score (nSPS) is 16.8. The summed E-state index contributed by atoms with van der Waals surface area (Å²) >= 11 is 0. The third kappa shape index (κ3) is 5.03. The SMILES string of the molecule is O=c1ccc(-c2ccc(C(=C3CCN(CC4CC4)CC3)c3nc4cc(F)c(C(F)(F)F)cc4[nH]3)cc2)c[nH]1. The van der Waals surface area contributed by atoms with Gasteiger partial charge in [0.2, 0.25) is 5.56 Å². The second-order valence-electron chi connectivity index (χ2n) is 10.2. The van der Waals surface area contributed by atoms with E-state index in [0.717, 1.165) is 72.8 Å². The number of pyridine rings is 1. The zero-order valence-corrected chi connectivity index (χ0v) is 20.5. The molecular weight excluding hydrogens is 496 g/mol. The van der Waals surface area contributed by atoms with E-state index in [1.807, 2.05) is 24.3 Å². The molecular formula is C29H26F4N4O. The zero-order valence-electron chi connectivity index (χ0n) is 20.5. The van der Waals surface area contributed by atoms with Crippen molar-refractivity contribution in [2.24, 2.45) is 5.92 Å². The van der Waals surface area contributed by atoms with E-state index in [0.29, 0.717) is 5.82 Å². The summed E-state index contributed by atoms with van der Waals surface area (Å²) in [6, 6.07) is 12.6. The van der Waals surface area contributed by atoms with E-state index in [4.69, 9.17) is 0 Å². The highest BCUT2D eigenvalue weighted by Gasteiger charge is 2.35. The molecule has 2 aliphatic rings. The molecule has 0 spiro atoms. The van der Waals surface area contributed by atoms with Crippen molar-refractivity contribution < 1.29 is 17.6 Å². The van der Waals surface area contributed by atoms with Crippen LogP contribution in [-0.4, -0.2) is 39.5 Å². The first-order valence-electron chi connectivity index (χ1n) is 12.8. The summed E-state index contributed by atoms with van der Waals surface area (Å²) in [6.07, 6.45) is 1.09. The Hall–Kier alpha value is -3.72. The molecule has 2 N–H and O–H groups in total. The largest absolute Gasteiger partial charge is 0.419 e. The Bertz CT molecular complexity index is 1550. The Morgan fingerprint density at radius 1 is 1.00 bits per heavy atom. The lowest BCUT2D eigenvalue weighted by Crippen LogP contribution is -2.32. The molecule has 1 saturated carbocycles. The van der Waals surface area contributed by atoms with Gasteiger partial charge in [0, 0.05) is 43.5 Å². The number of fused-ring (bicyclic) bond motifs is 1. The van der Waals surface area contributed by atoms with E-state index < -0.39 is 17.6 Å². The summed E-state index contributed by atoms with van der Waals surface area (Å²) in [5.41, 5.74) is 3.46. The minimum Gasteiger partial charge on any atom is -0.338 e. The molecule has 4 aromatic rings. The van der Waals surface area contributed by atoms with Gasteiger partial charge in [-0.05, 0) is 60.4 Å². The molecule has 0 unspecified atom stereocenters. The molecule has 9 heteroatoms. The van der Waals surface area contributed by atoms with Crippen molar-refractivity contribution in [2.75, 3.05) is 19.6 Å². The maximum absolute atomic E-state index is 14.3. The lowest BCUT2D eigenvalue weighted by Gasteiger charge is -2.29. The minimum atomic E-state index is -4.79. The van der Waals surface area contributed by atoms with Crippen LogP contribution < -0.4 is 5.56 Å². The van der Waals surface area contributed by atoms with Crippen LogP contribution in [0.25, 0.3) is 27.7 Å². The predicted molar refractivity (Wildman–Crippen MR) is 138 cm³/mol. The summed E-state index contributed by atoms with van der Waals surface area (Å²) in [5, 5.41) is 0. The zero-order chi connectivity index (χ0) is 26.4. The van der Waals surface area contributed by atoms with Gasteiger partial charge in [0.25, 0.3) is 0 Å². The van der Waals surface area contributed by atoms with Crippen molar-refractivity contribution in [3.8, 4) is 11.1 Å². The number of piperidine rings is 1. The summed E-state index contributed by atoms with van der Waals surface area (Å²) < 4.78 is 54.2. The average Bonchev–Trinajstić information content (AvgIpc) is 3.62. The van der Waals surface area contributed by atoms with Crippen LogP contribution in [0.3, 0.4) is 0 Å². The van der Waals surface area contributed by atoms with Crippen molar-refractivity contribution in [3.05, 3.63) is 93.4 Å². The molecule has 2 fully saturated rings. The lowest BCUT2D eigenvalue weighted by molar-refractivity contribution is -0.139. The fourth-order valence-electron chi connectivity index (χ4n) is 5.22. The molecule has 2 aromatic heterocycles.